The summed E-state index contributed by atoms with van der Waals surface area (Å²) >= 11 is 0. The summed E-state index contributed by atoms with van der Waals surface area (Å²) in [6.45, 7) is 2.00. The van der Waals surface area contributed by atoms with E-state index in [0.29, 0.717) is 6.42 Å². The molecule has 1 N–H and O–H groups in total. The second-order valence-corrected chi connectivity index (χ2v) is 3.13. The predicted molar refractivity (Wildman–Crippen MR) is 36.2 cm³/mol. The van der Waals surface area contributed by atoms with Gasteiger partial charge >= 0.3 is 6.18 Å². The van der Waals surface area contributed by atoms with E-state index in [1.807, 2.05) is 6.92 Å². The van der Waals surface area contributed by atoms with Crippen LogP contribution in [-0.4, -0.2) is 18.8 Å². The van der Waals surface area contributed by atoms with Crippen LogP contribution in [0.4, 0.5) is 13.2 Å². The molecule has 0 aromatic rings. The van der Waals surface area contributed by atoms with Gasteiger partial charge in [0.1, 0.15) is 0 Å². The first kappa shape index (κ1) is 8.84. The Morgan fingerprint density at radius 3 is 2.27 bits per heavy atom. The Labute approximate surface area is 64.0 Å². The van der Waals surface area contributed by atoms with Gasteiger partial charge in [0, 0.05) is 12.6 Å². The summed E-state index contributed by atoms with van der Waals surface area (Å²) < 4.78 is 36.1. The van der Waals surface area contributed by atoms with Gasteiger partial charge in [-0.25, -0.2) is 0 Å². The van der Waals surface area contributed by atoms with Crippen molar-refractivity contribution >= 4 is 0 Å². The molecule has 1 aliphatic heterocycles. The summed E-state index contributed by atoms with van der Waals surface area (Å²) in [7, 11) is 0. The number of rotatable bonds is 0. The summed E-state index contributed by atoms with van der Waals surface area (Å²) in [6, 6.07) is 0.244. The van der Waals surface area contributed by atoms with Crippen LogP contribution in [0.5, 0.6) is 0 Å². The molecule has 1 aliphatic rings. The van der Waals surface area contributed by atoms with Crippen molar-refractivity contribution in [2.75, 3.05) is 6.54 Å². The highest BCUT2D eigenvalue weighted by Gasteiger charge is 2.40. The molecule has 4 heteroatoms. The van der Waals surface area contributed by atoms with Gasteiger partial charge in [0.2, 0.25) is 0 Å². The van der Waals surface area contributed by atoms with Gasteiger partial charge < -0.3 is 5.32 Å². The van der Waals surface area contributed by atoms with E-state index in [1.54, 1.807) is 0 Å². The van der Waals surface area contributed by atoms with E-state index in [0.717, 1.165) is 0 Å². The Hall–Kier alpha value is -0.250. The van der Waals surface area contributed by atoms with Crippen molar-refractivity contribution in [1.29, 1.82) is 0 Å². The molecule has 0 bridgehead atoms. The molecule has 1 rings (SSSR count). The standard InChI is InChI=1S/C7H12F3N/c1-5-2-3-6(4-11-5)7(8,9)10/h5-6,11H,2-4H2,1H3/t5?,6-/m1/s1. The normalized spacial score (nSPS) is 33.8. The van der Waals surface area contributed by atoms with Gasteiger partial charge in [-0.15, -0.1) is 0 Å². The highest BCUT2D eigenvalue weighted by molar-refractivity contribution is 4.78. The third kappa shape index (κ3) is 2.36. The summed E-state index contributed by atoms with van der Waals surface area (Å²) in [6.07, 6.45) is -3.10. The molecule has 0 spiro atoms. The zero-order chi connectivity index (χ0) is 8.48. The van der Waals surface area contributed by atoms with E-state index in [9.17, 15) is 13.2 Å². The Morgan fingerprint density at radius 2 is 1.91 bits per heavy atom. The zero-order valence-electron chi connectivity index (χ0n) is 6.41. The first-order valence-corrected chi connectivity index (χ1v) is 3.80. The number of nitrogens with one attached hydrogen (secondary N) is 1. The third-order valence-corrected chi connectivity index (χ3v) is 2.12. The lowest BCUT2D eigenvalue weighted by Gasteiger charge is -2.28. The van der Waals surface area contributed by atoms with Gasteiger partial charge in [-0.3, -0.25) is 0 Å². The quantitative estimate of drug-likeness (QED) is 0.581. The van der Waals surface area contributed by atoms with E-state index in [1.165, 1.54) is 0 Å². The van der Waals surface area contributed by atoms with Crippen LogP contribution in [0, 0.1) is 5.92 Å². The predicted octanol–water partition coefficient (Wildman–Crippen LogP) is 1.94. The second-order valence-electron chi connectivity index (χ2n) is 3.13. The Kier molecular flexibility index (Phi) is 2.42. The highest BCUT2D eigenvalue weighted by Crippen LogP contribution is 2.31. The van der Waals surface area contributed by atoms with E-state index >= 15 is 0 Å². The van der Waals surface area contributed by atoms with E-state index < -0.39 is 12.1 Å². The lowest BCUT2D eigenvalue weighted by atomic mass is 9.95. The van der Waals surface area contributed by atoms with E-state index in [4.69, 9.17) is 0 Å². The van der Waals surface area contributed by atoms with Gasteiger partial charge in [-0.1, -0.05) is 0 Å². The molecular weight excluding hydrogens is 155 g/mol. The van der Waals surface area contributed by atoms with Gasteiger partial charge in [0.25, 0.3) is 0 Å². The smallest absolute Gasteiger partial charge is 0.314 e. The van der Waals surface area contributed by atoms with Crippen molar-refractivity contribution in [3.05, 3.63) is 0 Å². The molecule has 0 aromatic carbocycles. The number of halogens is 3. The minimum absolute atomic E-state index is 0.0880. The molecule has 11 heavy (non-hydrogen) atoms. The number of alkyl halides is 3. The van der Waals surface area contributed by atoms with E-state index in [2.05, 4.69) is 5.32 Å². The molecule has 2 atom stereocenters. The van der Waals surface area contributed by atoms with Gasteiger partial charge in [-0.05, 0) is 19.8 Å². The minimum atomic E-state index is -4.01. The van der Waals surface area contributed by atoms with Crippen LogP contribution < -0.4 is 5.32 Å². The topological polar surface area (TPSA) is 12.0 Å². The fraction of sp³-hybridized carbons (Fsp3) is 1.00. The largest absolute Gasteiger partial charge is 0.393 e. The van der Waals surface area contributed by atoms with Crippen molar-refractivity contribution in [1.82, 2.24) is 5.32 Å². The average Bonchev–Trinajstić information content (AvgIpc) is 1.86. The first-order chi connectivity index (χ1) is 5.00. The highest BCUT2D eigenvalue weighted by atomic mass is 19.4. The first-order valence-electron chi connectivity index (χ1n) is 3.80. The van der Waals surface area contributed by atoms with Gasteiger partial charge in [-0.2, -0.15) is 13.2 Å². The molecule has 66 valence electrons. The van der Waals surface area contributed by atoms with Crippen molar-refractivity contribution < 1.29 is 13.2 Å². The zero-order valence-corrected chi connectivity index (χ0v) is 6.41. The lowest BCUT2D eigenvalue weighted by molar-refractivity contribution is -0.179. The molecule has 0 aliphatic carbocycles. The fourth-order valence-corrected chi connectivity index (χ4v) is 1.28. The summed E-state index contributed by atoms with van der Waals surface area (Å²) in [5, 5.41) is 2.82. The Balaban J connectivity index is 2.39. The molecular formula is C7H12F3N. The number of hydrogen-bond acceptors (Lipinski definition) is 1. The maximum atomic E-state index is 12.0. The maximum absolute atomic E-state index is 12.0. The molecule has 0 aromatic heterocycles. The maximum Gasteiger partial charge on any atom is 0.393 e. The van der Waals surface area contributed by atoms with E-state index in [-0.39, 0.29) is 19.0 Å². The summed E-state index contributed by atoms with van der Waals surface area (Å²) in [5.74, 6) is -1.13. The molecule has 1 heterocycles. The third-order valence-electron chi connectivity index (χ3n) is 2.12. The average molecular weight is 167 g/mol. The molecule has 1 saturated heterocycles. The Morgan fingerprint density at radius 1 is 1.27 bits per heavy atom. The van der Waals surface area contributed by atoms with Crippen LogP contribution in [0.25, 0.3) is 0 Å². The molecule has 0 radical (unpaired) electrons. The molecule has 1 nitrogen and oxygen atoms in total. The second kappa shape index (κ2) is 3.01. The number of hydrogen-bond donors (Lipinski definition) is 1. The van der Waals surface area contributed by atoms with Crippen molar-refractivity contribution in [3.63, 3.8) is 0 Å². The molecule has 0 amide bonds. The van der Waals surface area contributed by atoms with Crippen LogP contribution in [0.15, 0.2) is 0 Å². The van der Waals surface area contributed by atoms with Crippen LogP contribution >= 0.6 is 0 Å². The fourth-order valence-electron chi connectivity index (χ4n) is 1.28. The van der Waals surface area contributed by atoms with Gasteiger partial charge in [0.05, 0.1) is 5.92 Å². The monoisotopic (exact) mass is 167 g/mol. The van der Waals surface area contributed by atoms with Crippen LogP contribution in [0.2, 0.25) is 0 Å². The summed E-state index contributed by atoms with van der Waals surface area (Å²) in [4.78, 5) is 0. The minimum Gasteiger partial charge on any atom is -0.314 e. The molecule has 0 saturated carbocycles. The summed E-state index contributed by atoms with van der Waals surface area (Å²) in [5.41, 5.74) is 0. The van der Waals surface area contributed by atoms with Crippen LogP contribution in [0.1, 0.15) is 19.8 Å². The lowest BCUT2D eigenvalue weighted by Crippen LogP contribution is -2.42. The van der Waals surface area contributed by atoms with Crippen molar-refractivity contribution in [2.24, 2.45) is 5.92 Å². The van der Waals surface area contributed by atoms with Crippen molar-refractivity contribution in [2.45, 2.75) is 32.0 Å². The van der Waals surface area contributed by atoms with Crippen LogP contribution in [-0.2, 0) is 0 Å². The SMILES string of the molecule is CC1CC[C@@H](C(F)(F)F)CN1. The molecule has 1 unspecified atom stereocenters. The number of piperidine rings is 1. The molecule has 1 fully saturated rings. The van der Waals surface area contributed by atoms with Crippen molar-refractivity contribution in [3.8, 4) is 0 Å². The Bertz CT molecular complexity index is 124. The van der Waals surface area contributed by atoms with Gasteiger partial charge in [0.15, 0.2) is 0 Å². The van der Waals surface area contributed by atoms with Crippen LogP contribution in [0.3, 0.4) is 0 Å².